The summed E-state index contributed by atoms with van der Waals surface area (Å²) >= 11 is 1.78. The van der Waals surface area contributed by atoms with Crippen molar-refractivity contribution in [2.24, 2.45) is 0 Å². The molecule has 0 saturated carbocycles. The molecular formula is C21H13FS. The molecule has 0 unspecified atom stereocenters. The molecule has 0 aliphatic heterocycles. The highest BCUT2D eigenvalue weighted by Crippen LogP contribution is 2.38. The first-order chi connectivity index (χ1) is 11.2. The summed E-state index contributed by atoms with van der Waals surface area (Å²) < 4.78 is 16.0. The van der Waals surface area contributed by atoms with Crippen molar-refractivity contribution in [3.63, 3.8) is 0 Å². The van der Waals surface area contributed by atoms with Crippen LogP contribution in [0.3, 0.4) is 0 Å². The second-order valence-corrected chi connectivity index (χ2v) is 7.22. The Morgan fingerprint density at radius 2 is 1.26 bits per heavy atom. The average Bonchev–Trinajstić information content (AvgIpc) is 2.87. The molecule has 5 aromatic rings. The maximum absolute atomic E-state index is 13.5. The summed E-state index contributed by atoms with van der Waals surface area (Å²) in [5.41, 5.74) is 1.28. The first kappa shape index (κ1) is 13.0. The molecule has 0 saturated heterocycles. The summed E-state index contributed by atoms with van der Waals surface area (Å²) in [4.78, 5) is 0. The molecule has 0 radical (unpaired) electrons. The Labute approximate surface area is 136 Å². The fraction of sp³-hybridized carbons (Fsp3) is 0.0476. The number of aryl methyl sites for hydroxylation is 1. The van der Waals surface area contributed by atoms with Crippen LogP contribution >= 0.6 is 11.3 Å². The fourth-order valence-corrected chi connectivity index (χ4v) is 4.52. The molecule has 0 aliphatic carbocycles. The third kappa shape index (κ3) is 1.95. The van der Waals surface area contributed by atoms with Crippen LogP contribution in [-0.2, 0) is 0 Å². The molecule has 1 aromatic heterocycles. The second-order valence-electron chi connectivity index (χ2n) is 6.14. The van der Waals surface area contributed by atoms with E-state index >= 15 is 0 Å². The Balaban J connectivity index is 1.94. The van der Waals surface area contributed by atoms with Gasteiger partial charge in [0.05, 0.1) is 0 Å². The van der Waals surface area contributed by atoms with Crippen LogP contribution in [0.15, 0.2) is 60.7 Å². The van der Waals surface area contributed by atoms with Gasteiger partial charge in [-0.2, -0.15) is 0 Å². The normalized spacial score (nSPS) is 11.9. The largest absolute Gasteiger partial charge is 0.207 e. The van der Waals surface area contributed by atoms with E-state index in [4.69, 9.17) is 0 Å². The van der Waals surface area contributed by atoms with Crippen LogP contribution in [-0.4, -0.2) is 0 Å². The minimum atomic E-state index is -0.181. The summed E-state index contributed by atoms with van der Waals surface area (Å²) in [6.45, 7) is 2.12. The van der Waals surface area contributed by atoms with Crippen LogP contribution < -0.4 is 0 Å². The van der Waals surface area contributed by atoms with Gasteiger partial charge >= 0.3 is 0 Å². The minimum Gasteiger partial charge on any atom is -0.207 e. The van der Waals surface area contributed by atoms with Gasteiger partial charge in [0.25, 0.3) is 0 Å². The van der Waals surface area contributed by atoms with Crippen molar-refractivity contribution >= 4 is 53.1 Å². The van der Waals surface area contributed by atoms with Gasteiger partial charge in [-0.15, -0.1) is 11.3 Å². The van der Waals surface area contributed by atoms with Crippen molar-refractivity contribution < 1.29 is 4.39 Å². The number of fused-ring (bicyclic) bond motifs is 5. The van der Waals surface area contributed by atoms with Gasteiger partial charge in [0.1, 0.15) is 5.82 Å². The van der Waals surface area contributed by atoms with Gasteiger partial charge in [0, 0.05) is 20.2 Å². The van der Waals surface area contributed by atoms with Gasteiger partial charge in [0.15, 0.2) is 0 Å². The maximum Gasteiger partial charge on any atom is 0.123 e. The SMILES string of the molecule is Cc1ccc2cc3sc4cc5cc(F)ccc5cc4c3cc2c1. The summed E-state index contributed by atoms with van der Waals surface area (Å²) in [6.07, 6.45) is 0. The van der Waals surface area contributed by atoms with Crippen molar-refractivity contribution in [2.45, 2.75) is 6.92 Å². The van der Waals surface area contributed by atoms with Crippen LogP contribution in [0.2, 0.25) is 0 Å². The Morgan fingerprint density at radius 3 is 2.09 bits per heavy atom. The number of thiophene rings is 1. The predicted molar refractivity (Wildman–Crippen MR) is 99.0 cm³/mol. The molecule has 1 heterocycles. The molecule has 0 atom stereocenters. The molecule has 0 nitrogen and oxygen atoms in total. The molecule has 0 spiro atoms. The zero-order valence-corrected chi connectivity index (χ0v) is 13.4. The van der Waals surface area contributed by atoms with Crippen LogP contribution in [0.25, 0.3) is 41.7 Å². The standard InChI is InChI=1S/C21H13FS/c1-12-2-3-14-10-20-19(9-15(14)6-12)18-8-13-4-5-17(22)7-16(13)11-21(18)23-20/h2-11H,1H3. The van der Waals surface area contributed by atoms with Crippen molar-refractivity contribution in [1.29, 1.82) is 0 Å². The highest BCUT2D eigenvalue weighted by Gasteiger charge is 2.08. The van der Waals surface area contributed by atoms with Crippen LogP contribution in [0.1, 0.15) is 5.56 Å². The fourth-order valence-electron chi connectivity index (χ4n) is 3.35. The molecule has 0 bridgehead atoms. The second kappa shape index (κ2) is 4.53. The van der Waals surface area contributed by atoms with Crippen molar-refractivity contribution in [3.05, 3.63) is 72.0 Å². The highest BCUT2D eigenvalue weighted by atomic mass is 32.1. The Morgan fingerprint density at radius 1 is 0.652 bits per heavy atom. The summed E-state index contributed by atoms with van der Waals surface area (Å²) in [5.74, 6) is -0.181. The lowest BCUT2D eigenvalue weighted by atomic mass is 10.0. The van der Waals surface area contributed by atoms with E-state index in [1.165, 1.54) is 42.6 Å². The molecule has 110 valence electrons. The van der Waals surface area contributed by atoms with Crippen molar-refractivity contribution in [2.75, 3.05) is 0 Å². The lowest BCUT2D eigenvalue weighted by Crippen LogP contribution is -1.77. The van der Waals surface area contributed by atoms with Crippen molar-refractivity contribution in [3.8, 4) is 0 Å². The Kier molecular flexibility index (Phi) is 2.56. The van der Waals surface area contributed by atoms with E-state index in [9.17, 15) is 4.39 Å². The number of hydrogen-bond acceptors (Lipinski definition) is 1. The van der Waals surface area contributed by atoms with E-state index in [1.54, 1.807) is 17.4 Å². The zero-order chi connectivity index (χ0) is 15.6. The molecule has 5 rings (SSSR count). The quantitative estimate of drug-likeness (QED) is 0.294. The van der Waals surface area contributed by atoms with Crippen LogP contribution in [0.4, 0.5) is 4.39 Å². The summed E-state index contributed by atoms with van der Waals surface area (Å²) in [7, 11) is 0. The van der Waals surface area contributed by atoms with Gasteiger partial charge in [-0.05, 0) is 64.9 Å². The first-order valence-corrected chi connectivity index (χ1v) is 8.45. The van der Waals surface area contributed by atoms with E-state index in [2.05, 4.69) is 49.4 Å². The molecule has 2 heteroatoms. The molecular weight excluding hydrogens is 303 g/mol. The predicted octanol–water partition coefficient (Wildman–Crippen LogP) is 6.81. The maximum atomic E-state index is 13.5. The van der Waals surface area contributed by atoms with Gasteiger partial charge < -0.3 is 0 Å². The molecule has 0 N–H and O–H groups in total. The van der Waals surface area contributed by atoms with E-state index in [0.717, 1.165) is 10.8 Å². The highest BCUT2D eigenvalue weighted by molar-refractivity contribution is 7.26. The molecule has 0 amide bonds. The molecule has 0 aliphatic rings. The lowest BCUT2D eigenvalue weighted by Gasteiger charge is -2.01. The summed E-state index contributed by atoms with van der Waals surface area (Å²) in [6, 6.07) is 20.4. The molecule has 23 heavy (non-hydrogen) atoms. The smallest absolute Gasteiger partial charge is 0.123 e. The van der Waals surface area contributed by atoms with Gasteiger partial charge in [-0.25, -0.2) is 4.39 Å². The number of halogens is 1. The van der Waals surface area contributed by atoms with Gasteiger partial charge in [0.2, 0.25) is 0 Å². The van der Waals surface area contributed by atoms with E-state index < -0.39 is 0 Å². The van der Waals surface area contributed by atoms with E-state index in [0.29, 0.717) is 0 Å². The number of hydrogen-bond donors (Lipinski definition) is 0. The monoisotopic (exact) mass is 316 g/mol. The molecule has 0 fully saturated rings. The van der Waals surface area contributed by atoms with Crippen LogP contribution in [0.5, 0.6) is 0 Å². The van der Waals surface area contributed by atoms with Gasteiger partial charge in [-0.3, -0.25) is 0 Å². The lowest BCUT2D eigenvalue weighted by molar-refractivity contribution is 0.630. The Bertz CT molecular complexity index is 1230. The van der Waals surface area contributed by atoms with Crippen LogP contribution in [0, 0.1) is 12.7 Å². The zero-order valence-electron chi connectivity index (χ0n) is 12.6. The number of benzene rings is 4. The minimum absolute atomic E-state index is 0.181. The summed E-state index contributed by atoms with van der Waals surface area (Å²) in [5, 5.41) is 7.14. The van der Waals surface area contributed by atoms with E-state index in [-0.39, 0.29) is 5.82 Å². The third-order valence-electron chi connectivity index (χ3n) is 4.50. The van der Waals surface area contributed by atoms with Crippen molar-refractivity contribution in [1.82, 2.24) is 0 Å². The van der Waals surface area contributed by atoms with E-state index in [1.807, 2.05) is 6.07 Å². The number of rotatable bonds is 0. The topological polar surface area (TPSA) is 0 Å². The third-order valence-corrected chi connectivity index (χ3v) is 5.62. The average molecular weight is 316 g/mol. The van der Waals surface area contributed by atoms with Gasteiger partial charge in [-0.1, -0.05) is 29.8 Å². The molecule has 4 aromatic carbocycles. The Hall–Kier alpha value is -2.45. The first-order valence-electron chi connectivity index (χ1n) is 7.63.